The first-order valence-electron chi connectivity index (χ1n) is 32.8. The van der Waals surface area contributed by atoms with Crippen molar-refractivity contribution in [3.63, 3.8) is 0 Å². The molecule has 1 aromatic heterocycles. The number of carbonyl (C=O) groups excluding carboxylic acids is 7. The van der Waals surface area contributed by atoms with Crippen molar-refractivity contribution < 1.29 is 67.0 Å². The number of ether oxygens (including phenoxy) is 1. The number of hydrogen-bond donors (Lipinski definition) is 12. The van der Waals surface area contributed by atoms with Crippen LogP contribution in [0.5, 0.6) is 0 Å². The summed E-state index contributed by atoms with van der Waals surface area (Å²) in [6.07, 6.45) is -2.69. The molecule has 0 aliphatic carbocycles. The fourth-order valence-corrected chi connectivity index (χ4v) is 17.2. The van der Waals surface area contributed by atoms with Gasteiger partial charge >= 0.3 is 7.82 Å². The van der Waals surface area contributed by atoms with E-state index in [1.165, 1.54) is 13.3 Å². The molecule has 18 N–H and O–H groups in total. The fraction of sp³-hybridized carbons (Fsp3) is 0.652. The Hall–Kier alpha value is -7.04. The van der Waals surface area contributed by atoms with Crippen molar-refractivity contribution in [1.29, 1.82) is 0 Å². The van der Waals surface area contributed by atoms with Gasteiger partial charge in [-0.2, -0.15) is 0 Å². The average molecular weight is 1340 g/mol. The fourth-order valence-electron chi connectivity index (χ4n) is 16.0. The number of aryl methyl sites for hydroxylation is 2. The Balaban J connectivity index is 1.21. The number of benzene rings is 1. The van der Waals surface area contributed by atoms with Gasteiger partial charge in [0.25, 0.3) is 0 Å². The highest BCUT2D eigenvalue weighted by molar-refractivity contribution is 7.47. The summed E-state index contributed by atoms with van der Waals surface area (Å²) >= 11 is 0. The molecular formula is C66H99N14O14P. The van der Waals surface area contributed by atoms with Gasteiger partial charge in [-0.05, 0) is 127 Å². The lowest BCUT2D eigenvalue weighted by Gasteiger charge is -2.48. The molecule has 28 nitrogen and oxygen atoms in total. The van der Waals surface area contributed by atoms with Crippen molar-refractivity contribution in [1.82, 2.24) is 25.5 Å². The third kappa shape index (κ3) is 14.8. The Kier molecular flexibility index (Phi) is 22.2. The molecule has 7 amide bonds. The molecule has 522 valence electrons. The van der Waals surface area contributed by atoms with Gasteiger partial charge in [-0.15, -0.1) is 0 Å². The molecule has 2 aromatic rings. The van der Waals surface area contributed by atoms with Crippen molar-refractivity contribution in [2.24, 2.45) is 94.7 Å². The average Bonchev–Trinajstić information content (AvgIpc) is 1.53. The summed E-state index contributed by atoms with van der Waals surface area (Å²) < 4.78 is 32.4. The van der Waals surface area contributed by atoms with Crippen molar-refractivity contribution in [3.8, 4) is 0 Å². The van der Waals surface area contributed by atoms with Crippen LogP contribution in [-0.2, 0) is 51.9 Å². The van der Waals surface area contributed by atoms with E-state index in [1.807, 2.05) is 87.4 Å². The Labute approximate surface area is 554 Å². The first-order valence-corrected chi connectivity index (χ1v) is 34.3. The maximum absolute atomic E-state index is 14.5. The smallest absolute Gasteiger partial charge is 0.394 e. The molecule has 0 radical (unpaired) electrons. The summed E-state index contributed by atoms with van der Waals surface area (Å²) in [6.45, 7) is 20.3. The minimum atomic E-state index is -5.08. The standard InChI is InChI=1S/C66H99N14O14P/c1-33-24-43-44(25-34(33)2)80(32-75-43)61-56(89)57(45(31-81)92-61)94-95(90,91)93-35(3)30-74-53(88)20-21-63(8)41(26-49(70)84)60-66(11)65(10,29-51(72)86)40(16-19-52(87)73-23-13-12-22-67)55(79-66)37(5)59-64(9,28-50(71)85)38(14-17-47(68)82)42(76-59)27-46-62(6,7)39(15-18-48(69)83)54(77-46)36(4)58(63)78-60/h24-25,27,32,35,38-41,45,56-57,60-61,76,81,89H,12-23,26,28-31,67H2,1-11H3,(H2,68,82)(H2,69,83)(H2,70,84)(H2,71,85)(H2,72,86)(H,73,87)(H,74,88)(H,90,91)/b42-27-,54-36-,59-37-/t35-,38-,39-,40-,41+,45+,56-,57-,60-,61+,63-,64+,65+,66-/m1/s1. The van der Waals surface area contributed by atoms with Crippen molar-refractivity contribution in [3.05, 3.63) is 63.9 Å². The van der Waals surface area contributed by atoms with Crippen LogP contribution in [0, 0.1) is 59.2 Å². The number of primary amides is 5. The van der Waals surface area contributed by atoms with E-state index in [0.717, 1.165) is 11.1 Å². The molecule has 1 aromatic carbocycles. The zero-order chi connectivity index (χ0) is 70.2. The van der Waals surface area contributed by atoms with Crippen molar-refractivity contribution >= 4 is 77.3 Å². The molecular weight excluding hydrogens is 1240 g/mol. The van der Waals surface area contributed by atoms with E-state index in [2.05, 4.69) is 20.9 Å². The molecule has 1 unspecified atom stereocenters. The van der Waals surface area contributed by atoms with Gasteiger partial charge in [0.2, 0.25) is 41.4 Å². The first kappa shape index (κ1) is 73.8. The quantitative estimate of drug-likeness (QED) is 0.0393. The molecule has 0 saturated carbocycles. The van der Waals surface area contributed by atoms with Gasteiger partial charge in [-0.1, -0.05) is 34.6 Å². The molecule has 15 atom stereocenters. The van der Waals surface area contributed by atoms with Gasteiger partial charge in [-0.3, -0.25) is 57.6 Å². The number of fused-ring (bicyclic) bond motifs is 7. The monoisotopic (exact) mass is 1340 g/mol. The van der Waals surface area contributed by atoms with E-state index in [0.29, 0.717) is 82.3 Å². The van der Waals surface area contributed by atoms with Crippen LogP contribution in [-0.4, -0.2) is 145 Å². The van der Waals surface area contributed by atoms with Crippen LogP contribution in [0.2, 0.25) is 0 Å². The van der Waals surface area contributed by atoms with E-state index in [-0.39, 0.29) is 83.1 Å². The van der Waals surface area contributed by atoms with Gasteiger partial charge in [0.05, 0.1) is 41.7 Å². The number of phosphoric acid groups is 1. The summed E-state index contributed by atoms with van der Waals surface area (Å²) in [5.41, 5.74) is 37.6. The summed E-state index contributed by atoms with van der Waals surface area (Å²) in [4.78, 5) is 128. The molecule has 6 aliphatic heterocycles. The number of amides is 7. The van der Waals surface area contributed by atoms with E-state index in [1.54, 1.807) is 4.57 Å². The van der Waals surface area contributed by atoms with Crippen LogP contribution in [0.1, 0.15) is 163 Å². The van der Waals surface area contributed by atoms with Crippen LogP contribution in [0.25, 0.3) is 11.0 Å². The number of phosphoric ester groups is 1. The van der Waals surface area contributed by atoms with E-state index in [4.69, 9.17) is 63.2 Å². The molecule has 7 heterocycles. The molecule has 2 saturated heterocycles. The van der Waals surface area contributed by atoms with Gasteiger partial charge in [0.1, 0.15) is 18.3 Å². The minimum absolute atomic E-state index is 0.00877. The second kappa shape index (κ2) is 28.6. The Morgan fingerprint density at radius 3 is 2.05 bits per heavy atom. The van der Waals surface area contributed by atoms with Crippen LogP contribution >= 0.6 is 7.82 Å². The van der Waals surface area contributed by atoms with E-state index < -0.39 is 137 Å². The normalized spacial score (nSPS) is 33.0. The third-order valence-corrected chi connectivity index (χ3v) is 22.7. The Morgan fingerprint density at radius 2 is 1.43 bits per heavy atom. The zero-order valence-electron chi connectivity index (χ0n) is 56.6. The topological polar surface area (TPSA) is 472 Å². The van der Waals surface area contributed by atoms with Gasteiger partial charge < -0.3 is 74.8 Å². The van der Waals surface area contributed by atoms with Gasteiger partial charge in [0, 0.05) is 138 Å². The van der Waals surface area contributed by atoms with E-state index >= 15 is 0 Å². The highest BCUT2D eigenvalue weighted by Gasteiger charge is 2.66. The number of allylic oxidation sites excluding steroid dienone is 6. The number of nitrogens with two attached hydrogens (primary N) is 6. The van der Waals surface area contributed by atoms with Crippen LogP contribution in [0.3, 0.4) is 0 Å². The summed E-state index contributed by atoms with van der Waals surface area (Å²) in [7, 11) is -5.08. The zero-order valence-corrected chi connectivity index (χ0v) is 57.5. The highest BCUT2D eigenvalue weighted by Crippen LogP contribution is 2.63. The maximum atomic E-state index is 14.5. The molecule has 6 aliphatic rings. The molecule has 8 bridgehead atoms. The van der Waals surface area contributed by atoms with Crippen LogP contribution < -0.4 is 50.4 Å². The lowest BCUT2D eigenvalue weighted by atomic mass is 9.55. The Bertz CT molecular complexity index is 3630. The maximum Gasteiger partial charge on any atom is 0.472 e. The lowest BCUT2D eigenvalue weighted by Crippen LogP contribution is -2.56. The molecule has 0 spiro atoms. The summed E-state index contributed by atoms with van der Waals surface area (Å²) in [5.74, 6) is -6.75. The number of aromatic nitrogens is 2. The number of aliphatic imine (C=N–C) groups is 3. The number of rotatable bonds is 30. The number of carbonyl (C=O) groups is 7. The van der Waals surface area contributed by atoms with Crippen LogP contribution in [0.15, 0.2) is 67.8 Å². The first-order chi connectivity index (χ1) is 44.4. The predicted molar refractivity (Wildman–Crippen MR) is 356 cm³/mol. The van der Waals surface area contributed by atoms with Gasteiger partial charge in [0.15, 0.2) is 6.23 Å². The minimum Gasteiger partial charge on any atom is -0.394 e. The number of aliphatic hydroxyl groups excluding tert-OH is 2. The lowest BCUT2D eigenvalue weighted by molar-refractivity contribution is -0.124. The SMILES string of the molecule is C/C1=C2N=C(/C=C3\N/C(=C(/C)C4=N[C@](C)([C@@H]5N=C1[C@](C)(CCC(=O)NC[C@@H](C)OP(=O)(O)O[C@H]1[C@@H](O)[C@@H](n6cnc7cc(C)c(C)cc76)O[C@H]1CO)[C@H]5CC(N)=O)[C@@](C)(CC(N)=O)[C@@H]4CCC(=O)NCCCCN)[C@@](C)(CC(N)=O)[C@@H]3CCC(N)=O)C(C)(C)[C@@H]/2CCC(N)=O. The molecule has 95 heavy (non-hydrogen) atoms. The highest BCUT2D eigenvalue weighted by atomic mass is 31.2. The predicted octanol–water partition coefficient (Wildman–Crippen LogP) is 3.53. The number of nitrogens with one attached hydrogen (secondary N) is 3. The van der Waals surface area contributed by atoms with Gasteiger partial charge in [-0.25, -0.2) is 9.55 Å². The number of nitrogens with zero attached hydrogens (tertiary/aromatic N) is 5. The summed E-state index contributed by atoms with van der Waals surface area (Å²) in [5, 5.41) is 31.3. The largest absolute Gasteiger partial charge is 0.472 e. The van der Waals surface area contributed by atoms with E-state index in [9.17, 15) is 53.2 Å². The number of aliphatic hydroxyl groups is 2. The van der Waals surface area contributed by atoms with Crippen LogP contribution in [0.4, 0.5) is 0 Å². The number of unbranched alkanes of at least 4 members (excludes halogenated alkanes) is 1. The molecule has 2 fully saturated rings. The Morgan fingerprint density at radius 1 is 0.800 bits per heavy atom. The second-order valence-corrected chi connectivity index (χ2v) is 29.8. The van der Waals surface area contributed by atoms with Crippen molar-refractivity contribution in [2.45, 2.75) is 202 Å². The van der Waals surface area contributed by atoms with Crippen molar-refractivity contribution in [2.75, 3.05) is 26.2 Å². The second-order valence-electron chi connectivity index (χ2n) is 28.5. The molecule has 29 heteroatoms. The number of imidazole rings is 1. The summed E-state index contributed by atoms with van der Waals surface area (Å²) in [6, 6.07) is 2.70. The number of hydrogen-bond acceptors (Lipinski definition) is 19. The molecule has 8 rings (SSSR count). The third-order valence-electron chi connectivity index (χ3n) is 21.5.